The molecular weight excluding hydrogens is 208 g/mol. The van der Waals surface area contributed by atoms with Gasteiger partial charge in [0.1, 0.15) is 0 Å². The van der Waals surface area contributed by atoms with Crippen LogP contribution in [0.1, 0.15) is 36.8 Å². The van der Waals surface area contributed by atoms with E-state index in [1.165, 1.54) is 42.5 Å². The second-order valence-corrected chi connectivity index (χ2v) is 5.42. The minimum atomic E-state index is 0.425. The molecule has 94 valence electrons. The van der Waals surface area contributed by atoms with Gasteiger partial charge in [-0.25, -0.2) is 0 Å². The van der Waals surface area contributed by atoms with Crippen LogP contribution in [0.3, 0.4) is 0 Å². The van der Waals surface area contributed by atoms with Gasteiger partial charge in [0.15, 0.2) is 0 Å². The highest BCUT2D eigenvalue weighted by Crippen LogP contribution is 2.24. The monoisotopic (exact) mass is 232 g/mol. The molecule has 1 aliphatic carbocycles. The Hall–Kier alpha value is -1.02. The molecule has 3 N–H and O–H groups in total. The topological polar surface area (TPSA) is 38.0 Å². The molecule has 0 aliphatic heterocycles. The molecule has 0 aromatic heterocycles. The quantitative estimate of drug-likeness (QED) is 0.839. The Morgan fingerprint density at radius 3 is 2.88 bits per heavy atom. The lowest BCUT2D eigenvalue weighted by Gasteiger charge is -2.27. The van der Waals surface area contributed by atoms with Crippen molar-refractivity contribution in [3.05, 3.63) is 29.3 Å². The van der Waals surface area contributed by atoms with Crippen LogP contribution in [-0.4, -0.2) is 12.6 Å². The first-order chi connectivity index (χ1) is 8.16. The van der Waals surface area contributed by atoms with Crippen LogP contribution in [-0.2, 0) is 0 Å². The molecule has 2 nitrogen and oxygen atoms in total. The second kappa shape index (κ2) is 5.54. The minimum Gasteiger partial charge on any atom is -0.385 e. The first kappa shape index (κ1) is 12.4. The third kappa shape index (κ3) is 3.22. The van der Waals surface area contributed by atoms with Crippen LogP contribution in [0.2, 0.25) is 0 Å². The fourth-order valence-corrected chi connectivity index (χ4v) is 2.71. The molecule has 2 unspecified atom stereocenters. The summed E-state index contributed by atoms with van der Waals surface area (Å²) < 4.78 is 0. The maximum atomic E-state index is 6.02. The summed E-state index contributed by atoms with van der Waals surface area (Å²) in [5.74, 6) is 0.749. The van der Waals surface area contributed by atoms with Crippen molar-refractivity contribution in [2.75, 3.05) is 11.9 Å². The summed E-state index contributed by atoms with van der Waals surface area (Å²) in [4.78, 5) is 0. The summed E-state index contributed by atoms with van der Waals surface area (Å²) in [5.41, 5.74) is 10.0. The van der Waals surface area contributed by atoms with Crippen molar-refractivity contribution < 1.29 is 0 Å². The summed E-state index contributed by atoms with van der Waals surface area (Å²) in [6.07, 6.45) is 5.00. The number of anilines is 1. The number of hydrogen-bond donors (Lipinski definition) is 2. The zero-order chi connectivity index (χ0) is 12.3. The third-order valence-corrected chi connectivity index (χ3v) is 4.01. The van der Waals surface area contributed by atoms with Gasteiger partial charge in [0.05, 0.1) is 0 Å². The van der Waals surface area contributed by atoms with Gasteiger partial charge in [-0.3, -0.25) is 0 Å². The second-order valence-electron chi connectivity index (χ2n) is 5.42. The number of hydrogen-bond acceptors (Lipinski definition) is 2. The molecule has 1 aliphatic rings. The molecule has 1 aromatic rings. The van der Waals surface area contributed by atoms with Gasteiger partial charge in [-0.1, -0.05) is 18.6 Å². The molecule has 1 saturated carbocycles. The summed E-state index contributed by atoms with van der Waals surface area (Å²) in [7, 11) is 0. The van der Waals surface area contributed by atoms with Crippen molar-refractivity contribution in [1.29, 1.82) is 0 Å². The van der Waals surface area contributed by atoms with E-state index in [9.17, 15) is 0 Å². The molecule has 2 heteroatoms. The van der Waals surface area contributed by atoms with Crippen molar-refractivity contribution in [2.24, 2.45) is 11.7 Å². The van der Waals surface area contributed by atoms with E-state index in [-0.39, 0.29) is 0 Å². The Morgan fingerprint density at radius 2 is 2.12 bits per heavy atom. The van der Waals surface area contributed by atoms with Crippen LogP contribution in [0.15, 0.2) is 18.2 Å². The summed E-state index contributed by atoms with van der Waals surface area (Å²) in [5, 5.41) is 3.59. The molecule has 0 radical (unpaired) electrons. The number of aryl methyl sites for hydroxylation is 1. The van der Waals surface area contributed by atoms with E-state index < -0.39 is 0 Å². The highest BCUT2D eigenvalue weighted by molar-refractivity contribution is 5.53. The van der Waals surface area contributed by atoms with Crippen LogP contribution in [0.5, 0.6) is 0 Å². The standard InChI is InChI=1S/C15H24N2/c1-11-5-3-8-15(12(11)2)17-10-13-6-4-7-14(16)9-13/h3,5,8,13-14,17H,4,6-7,9-10,16H2,1-2H3. The van der Waals surface area contributed by atoms with Crippen molar-refractivity contribution in [3.8, 4) is 0 Å². The lowest BCUT2D eigenvalue weighted by Crippen LogP contribution is -2.31. The zero-order valence-electron chi connectivity index (χ0n) is 11.0. The van der Waals surface area contributed by atoms with Crippen molar-refractivity contribution in [1.82, 2.24) is 0 Å². The maximum Gasteiger partial charge on any atom is 0.0372 e. The fourth-order valence-electron chi connectivity index (χ4n) is 2.71. The Morgan fingerprint density at radius 1 is 1.29 bits per heavy atom. The number of nitrogens with two attached hydrogens (primary N) is 1. The van der Waals surface area contributed by atoms with E-state index in [0.29, 0.717) is 6.04 Å². The number of rotatable bonds is 3. The first-order valence-electron chi connectivity index (χ1n) is 6.72. The van der Waals surface area contributed by atoms with E-state index in [4.69, 9.17) is 5.73 Å². The first-order valence-corrected chi connectivity index (χ1v) is 6.72. The van der Waals surface area contributed by atoms with Gasteiger partial charge in [-0.2, -0.15) is 0 Å². The van der Waals surface area contributed by atoms with Crippen molar-refractivity contribution >= 4 is 5.69 Å². The normalized spacial score (nSPS) is 24.6. The molecule has 0 bridgehead atoms. The van der Waals surface area contributed by atoms with Crippen LogP contribution in [0.4, 0.5) is 5.69 Å². The lowest BCUT2D eigenvalue weighted by molar-refractivity contribution is 0.335. The number of nitrogens with one attached hydrogen (secondary N) is 1. The summed E-state index contributed by atoms with van der Waals surface area (Å²) in [6.45, 7) is 5.42. The van der Waals surface area contributed by atoms with E-state index >= 15 is 0 Å². The Balaban J connectivity index is 1.91. The third-order valence-electron chi connectivity index (χ3n) is 4.01. The van der Waals surface area contributed by atoms with E-state index in [1.54, 1.807) is 0 Å². The van der Waals surface area contributed by atoms with Crippen LogP contribution < -0.4 is 11.1 Å². The molecule has 0 saturated heterocycles. The molecule has 17 heavy (non-hydrogen) atoms. The molecule has 1 fully saturated rings. The van der Waals surface area contributed by atoms with Gasteiger partial charge in [-0.05, 0) is 56.2 Å². The fraction of sp³-hybridized carbons (Fsp3) is 0.600. The molecule has 0 amide bonds. The number of benzene rings is 1. The average Bonchev–Trinajstić information content (AvgIpc) is 2.31. The van der Waals surface area contributed by atoms with E-state index in [1.807, 2.05) is 0 Å². The maximum absolute atomic E-state index is 6.02. The van der Waals surface area contributed by atoms with Crippen LogP contribution in [0, 0.1) is 19.8 Å². The van der Waals surface area contributed by atoms with Gasteiger partial charge < -0.3 is 11.1 Å². The summed E-state index contributed by atoms with van der Waals surface area (Å²) >= 11 is 0. The van der Waals surface area contributed by atoms with Gasteiger partial charge >= 0.3 is 0 Å². The minimum absolute atomic E-state index is 0.425. The van der Waals surface area contributed by atoms with E-state index in [0.717, 1.165) is 12.5 Å². The zero-order valence-corrected chi connectivity index (χ0v) is 11.0. The highest BCUT2D eigenvalue weighted by Gasteiger charge is 2.18. The van der Waals surface area contributed by atoms with Gasteiger partial charge in [-0.15, -0.1) is 0 Å². The molecule has 0 heterocycles. The van der Waals surface area contributed by atoms with Gasteiger partial charge in [0, 0.05) is 18.3 Å². The van der Waals surface area contributed by atoms with E-state index in [2.05, 4.69) is 37.4 Å². The molecule has 1 aromatic carbocycles. The predicted molar refractivity (Wildman–Crippen MR) is 74.3 cm³/mol. The molecule has 2 atom stereocenters. The Labute approximate surface area is 105 Å². The van der Waals surface area contributed by atoms with Gasteiger partial charge in [0.25, 0.3) is 0 Å². The molecule has 2 rings (SSSR count). The smallest absolute Gasteiger partial charge is 0.0372 e. The molecular formula is C15H24N2. The van der Waals surface area contributed by atoms with Crippen molar-refractivity contribution in [3.63, 3.8) is 0 Å². The Bertz CT molecular complexity index is 373. The average molecular weight is 232 g/mol. The SMILES string of the molecule is Cc1cccc(NCC2CCCC(N)C2)c1C. The summed E-state index contributed by atoms with van der Waals surface area (Å²) in [6, 6.07) is 6.88. The predicted octanol–water partition coefficient (Wildman–Crippen LogP) is 3.23. The van der Waals surface area contributed by atoms with Crippen LogP contribution >= 0.6 is 0 Å². The van der Waals surface area contributed by atoms with Gasteiger partial charge in [0.2, 0.25) is 0 Å². The largest absolute Gasteiger partial charge is 0.385 e. The molecule has 0 spiro atoms. The van der Waals surface area contributed by atoms with Crippen LogP contribution in [0.25, 0.3) is 0 Å². The van der Waals surface area contributed by atoms with Crippen molar-refractivity contribution in [2.45, 2.75) is 45.6 Å². The lowest BCUT2D eigenvalue weighted by atomic mass is 9.86. The Kier molecular flexibility index (Phi) is 4.06. The highest BCUT2D eigenvalue weighted by atomic mass is 14.9.